The summed E-state index contributed by atoms with van der Waals surface area (Å²) in [5.41, 5.74) is 3.00. The molecule has 0 fully saturated rings. The summed E-state index contributed by atoms with van der Waals surface area (Å²) in [4.78, 5) is 15.4. The van der Waals surface area contributed by atoms with Crippen LogP contribution < -0.4 is 4.90 Å². The van der Waals surface area contributed by atoms with E-state index < -0.39 is 0 Å². The Hall–Kier alpha value is -1.35. The highest BCUT2D eigenvalue weighted by Crippen LogP contribution is 2.20. The fourth-order valence-electron chi connectivity index (χ4n) is 2.35. The lowest BCUT2D eigenvalue weighted by atomic mass is 10.1. The van der Waals surface area contributed by atoms with Crippen LogP contribution in [0.4, 0.5) is 5.69 Å². The first-order valence-electron chi connectivity index (χ1n) is 6.46. The van der Waals surface area contributed by atoms with Gasteiger partial charge in [-0.25, -0.2) is 0 Å². The Balaban J connectivity index is 2.94. The second-order valence-electron chi connectivity index (χ2n) is 5.06. The van der Waals surface area contributed by atoms with Gasteiger partial charge in [-0.3, -0.25) is 4.79 Å². The van der Waals surface area contributed by atoms with Gasteiger partial charge in [-0.05, 0) is 58.6 Å². The third-order valence-corrected chi connectivity index (χ3v) is 3.21. The molecule has 0 heterocycles. The van der Waals surface area contributed by atoms with Gasteiger partial charge in [-0.15, -0.1) is 0 Å². The molecular formula is C15H24N2O. The van der Waals surface area contributed by atoms with Crippen molar-refractivity contribution < 1.29 is 4.79 Å². The molecule has 18 heavy (non-hydrogen) atoms. The Morgan fingerprint density at radius 2 is 2.00 bits per heavy atom. The zero-order valence-electron chi connectivity index (χ0n) is 12.1. The predicted molar refractivity (Wildman–Crippen MR) is 77.6 cm³/mol. The van der Waals surface area contributed by atoms with Crippen LogP contribution in [0.15, 0.2) is 18.2 Å². The molecule has 0 bridgehead atoms. The Morgan fingerprint density at radius 1 is 1.33 bits per heavy atom. The molecular weight excluding hydrogens is 224 g/mol. The lowest BCUT2D eigenvalue weighted by Gasteiger charge is -2.32. The molecule has 1 aromatic rings. The van der Waals surface area contributed by atoms with Gasteiger partial charge in [0.05, 0.1) is 0 Å². The number of carbonyl (C=O) groups excluding carboxylic acids is 1. The van der Waals surface area contributed by atoms with Gasteiger partial charge >= 0.3 is 0 Å². The highest BCUT2D eigenvalue weighted by molar-refractivity contribution is 5.78. The largest absolute Gasteiger partial charge is 0.368 e. The highest BCUT2D eigenvalue weighted by atomic mass is 16.1. The molecule has 0 aliphatic rings. The van der Waals surface area contributed by atoms with Crippen LogP contribution in [0.2, 0.25) is 0 Å². The fourth-order valence-corrected chi connectivity index (χ4v) is 2.35. The van der Waals surface area contributed by atoms with Gasteiger partial charge in [0.1, 0.15) is 6.29 Å². The van der Waals surface area contributed by atoms with Crippen LogP contribution in [0.3, 0.4) is 0 Å². The van der Waals surface area contributed by atoms with E-state index in [1.165, 1.54) is 5.69 Å². The van der Waals surface area contributed by atoms with Crippen molar-refractivity contribution in [1.82, 2.24) is 4.90 Å². The number of nitrogens with zero attached hydrogens (tertiary/aromatic N) is 2. The normalized spacial score (nSPS) is 12.6. The van der Waals surface area contributed by atoms with Crippen molar-refractivity contribution in [3.63, 3.8) is 0 Å². The number of aldehydes is 1. The summed E-state index contributed by atoms with van der Waals surface area (Å²) < 4.78 is 0. The molecule has 1 rings (SSSR count). The van der Waals surface area contributed by atoms with Gasteiger partial charge in [0.25, 0.3) is 0 Å². The van der Waals surface area contributed by atoms with Crippen LogP contribution in [0.25, 0.3) is 0 Å². The quantitative estimate of drug-likeness (QED) is 0.723. The third-order valence-electron chi connectivity index (χ3n) is 3.21. The Bertz CT molecular complexity index is 401. The van der Waals surface area contributed by atoms with E-state index in [0.29, 0.717) is 6.04 Å². The molecule has 3 nitrogen and oxygen atoms in total. The second-order valence-corrected chi connectivity index (χ2v) is 5.06. The van der Waals surface area contributed by atoms with Gasteiger partial charge in [0.2, 0.25) is 0 Å². The number of aryl methyl sites for hydroxylation is 1. The maximum atomic E-state index is 10.8. The Kier molecular flexibility index (Phi) is 5.35. The molecule has 0 aliphatic heterocycles. The summed E-state index contributed by atoms with van der Waals surface area (Å²) >= 11 is 0. The number of hydrogen-bond donors (Lipinski definition) is 0. The number of likely N-dealkylation sites (N-methyl/N-ethyl adjacent to an activating group) is 2. The summed E-state index contributed by atoms with van der Waals surface area (Å²) in [6.07, 6.45) is 0.915. The lowest BCUT2D eigenvalue weighted by Crippen LogP contribution is -2.40. The third kappa shape index (κ3) is 3.57. The molecule has 1 aromatic carbocycles. The van der Waals surface area contributed by atoms with Gasteiger partial charge in [0.15, 0.2) is 0 Å². The molecule has 3 heteroatoms. The van der Waals surface area contributed by atoms with Crippen molar-refractivity contribution in [2.24, 2.45) is 0 Å². The lowest BCUT2D eigenvalue weighted by molar-refractivity contribution is 0.112. The smallest absolute Gasteiger partial charge is 0.150 e. The van der Waals surface area contributed by atoms with Crippen LogP contribution in [0.5, 0.6) is 0 Å². The van der Waals surface area contributed by atoms with Crippen molar-refractivity contribution in [1.29, 1.82) is 0 Å². The van der Waals surface area contributed by atoms with Gasteiger partial charge in [-0.2, -0.15) is 0 Å². The Morgan fingerprint density at radius 3 is 2.44 bits per heavy atom. The first-order valence-corrected chi connectivity index (χ1v) is 6.46. The topological polar surface area (TPSA) is 23.6 Å². The molecule has 0 N–H and O–H groups in total. The van der Waals surface area contributed by atoms with Crippen molar-refractivity contribution >= 4 is 12.0 Å². The molecule has 0 amide bonds. The molecule has 1 atom stereocenters. The summed E-state index contributed by atoms with van der Waals surface area (Å²) in [6, 6.07) is 6.49. The average Bonchev–Trinajstić information content (AvgIpc) is 2.29. The van der Waals surface area contributed by atoms with E-state index in [4.69, 9.17) is 0 Å². The molecule has 0 aromatic heterocycles. The molecule has 0 spiro atoms. The number of rotatable bonds is 6. The predicted octanol–water partition coefficient (Wildman–Crippen LogP) is 2.58. The molecule has 0 saturated heterocycles. The second kappa shape index (κ2) is 6.55. The minimum Gasteiger partial charge on any atom is -0.368 e. The molecule has 0 saturated carbocycles. The zero-order valence-corrected chi connectivity index (χ0v) is 12.1. The minimum absolute atomic E-state index is 0.450. The first kappa shape index (κ1) is 14.7. The summed E-state index contributed by atoms with van der Waals surface area (Å²) in [6.45, 7) is 8.36. The molecule has 0 radical (unpaired) electrons. The van der Waals surface area contributed by atoms with Crippen molar-refractivity contribution in [3.8, 4) is 0 Å². The maximum absolute atomic E-state index is 10.8. The van der Waals surface area contributed by atoms with Gasteiger partial charge in [0, 0.05) is 30.4 Å². The van der Waals surface area contributed by atoms with Crippen LogP contribution >= 0.6 is 0 Å². The fraction of sp³-hybridized carbons (Fsp3) is 0.533. The number of hydrogen-bond acceptors (Lipinski definition) is 3. The zero-order chi connectivity index (χ0) is 13.7. The van der Waals surface area contributed by atoms with E-state index in [1.807, 2.05) is 19.1 Å². The van der Waals surface area contributed by atoms with E-state index in [0.717, 1.165) is 30.5 Å². The van der Waals surface area contributed by atoms with Crippen LogP contribution in [-0.4, -0.2) is 44.4 Å². The van der Waals surface area contributed by atoms with E-state index >= 15 is 0 Å². The van der Waals surface area contributed by atoms with Crippen molar-refractivity contribution in [2.75, 3.05) is 32.1 Å². The van der Waals surface area contributed by atoms with E-state index in [1.54, 1.807) is 0 Å². The number of benzene rings is 1. The maximum Gasteiger partial charge on any atom is 0.150 e. The SMILES string of the molecule is CCN(c1ccc(C=O)c(C)c1)C(C)CN(C)C. The minimum atomic E-state index is 0.450. The summed E-state index contributed by atoms with van der Waals surface area (Å²) in [7, 11) is 4.18. The van der Waals surface area contributed by atoms with E-state index in [-0.39, 0.29) is 0 Å². The molecule has 0 aliphatic carbocycles. The monoisotopic (exact) mass is 248 g/mol. The molecule has 100 valence electrons. The molecule has 1 unspecified atom stereocenters. The number of carbonyl (C=O) groups is 1. The standard InChI is InChI=1S/C15H24N2O/c1-6-17(13(3)10-16(4)5)15-8-7-14(11-18)12(2)9-15/h7-9,11,13H,6,10H2,1-5H3. The van der Waals surface area contributed by atoms with Gasteiger partial charge in [-0.1, -0.05) is 0 Å². The van der Waals surface area contributed by atoms with Crippen LogP contribution in [0, 0.1) is 6.92 Å². The van der Waals surface area contributed by atoms with E-state index in [2.05, 4.69) is 43.8 Å². The van der Waals surface area contributed by atoms with Crippen molar-refractivity contribution in [3.05, 3.63) is 29.3 Å². The van der Waals surface area contributed by atoms with Crippen LogP contribution in [-0.2, 0) is 0 Å². The summed E-state index contributed by atoms with van der Waals surface area (Å²) in [5.74, 6) is 0. The van der Waals surface area contributed by atoms with Gasteiger partial charge < -0.3 is 9.80 Å². The number of anilines is 1. The first-order chi connectivity index (χ1) is 8.49. The Labute approximate surface area is 110 Å². The van der Waals surface area contributed by atoms with Crippen LogP contribution in [0.1, 0.15) is 29.8 Å². The van der Waals surface area contributed by atoms with E-state index in [9.17, 15) is 4.79 Å². The average molecular weight is 248 g/mol. The summed E-state index contributed by atoms with van der Waals surface area (Å²) in [5, 5.41) is 0. The highest BCUT2D eigenvalue weighted by Gasteiger charge is 2.14. The van der Waals surface area contributed by atoms with Crippen molar-refractivity contribution in [2.45, 2.75) is 26.8 Å².